The first kappa shape index (κ1) is 38.0. The van der Waals surface area contributed by atoms with Gasteiger partial charge in [-0.25, -0.2) is 0 Å². The van der Waals surface area contributed by atoms with E-state index in [-0.39, 0.29) is 25.6 Å². The predicted octanol–water partition coefficient (Wildman–Crippen LogP) is 9.51. The first-order chi connectivity index (χ1) is 19.0. The minimum absolute atomic E-state index is 0.163. The lowest BCUT2D eigenvalue weighted by Crippen LogP contribution is -2.29. The van der Waals surface area contributed by atoms with E-state index in [9.17, 15) is 14.2 Å². The van der Waals surface area contributed by atoms with Crippen molar-refractivity contribution in [3.8, 4) is 0 Å². The summed E-state index contributed by atoms with van der Waals surface area (Å²) in [6.07, 6.45) is 26.2. The molecule has 0 saturated heterocycles. The quantitative estimate of drug-likeness (QED) is 0.0517. The Morgan fingerprint density at radius 3 is 1.31 bits per heavy atom. The van der Waals surface area contributed by atoms with Gasteiger partial charge in [0.05, 0.1) is 0 Å². The molecule has 0 heterocycles. The van der Waals surface area contributed by atoms with E-state index in [1.807, 2.05) is 0 Å². The smallest absolute Gasteiger partial charge is 0.462 e. The van der Waals surface area contributed by atoms with Gasteiger partial charge in [-0.2, -0.15) is 0 Å². The average molecular weight is 576 g/mol. The monoisotopic (exact) mass is 575 g/mol. The summed E-state index contributed by atoms with van der Waals surface area (Å²) in [4.78, 5) is 33.3. The van der Waals surface area contributed by atoms with Gasteiger partial charge in [0.1, 0.15) is 13.2 Å². The summed E-state index contributed by atoms with van der Waals surface area (Å²) in [5, 5.41) is 0. The highest BCUT2D eigenvalue weighted by molar-refractivity contribution is 7.32. The maximum Gasteiger partial charge on any atom is 0.694 e. The van der Waals surface area contributed by atoms with Gasteiger partial charge >= 0.3 is 20.2 Å². The molecule has 0 radical (unpaired) electrons. The molecule has 0 aliphatic rings. The number of carbonyl (C=O) groups is 2. The van der Waals surface area contributed by atoms with Crippen molar-refractivity contribution in [1.82, 2.24) is 0 Å². The number of hydrogen-bond donors (Lipinski definition) is 1. The van der Waals surface area contributed by atoms with Crippen molar-refractivity contribution in [2.45, 2.75) is 174 Å². The van der Waals surface area contributed by atoms with E-state index in [4.69, 9.17) is 18.9 Å². The zero-order chi connectivity index (χ0) is 28.8. The topological polar surface area (TPSA) is 99.1 Å². The molecule has 0 saturated carbocycles. The van der Waals surface area contributed by atoms with Crippen LogP contribution in [0.1, 0.15) is 168 Å². The molecule has 0 aliphatic heterocycles. The van der Waals surface area contributed by atoms with Crippen molar-refractivity contribution in [3.63, 3.8) is 0 Å². The number of ether oxygens (including phenoxy) is 2. The van der Waals surface area contributed by atoms with E-state index in [2.05, 4.69) is 13.8 Å². The van der Waals surface area contributed by atoms with Gasteiger partial charge < -0.3 is 9.47 Å². The second kappa shape index (κ2) is 29.9. The fourth-order valence-electron chi connectivity index (χ4n) is 4.63. The molecule has 0 aromatic carbocycles. The van der Waals surface area contributed by atoms with Crippen LogP contribution in [0.4, 0.5) is 0 Å². The van der Waals surface area contributed by atoms with E-state index in [1.165, 1.54) is 103 Å². The van der Waals surface area contributed by atoms with Gasteiger partial charge in [-0.15, -0.1) is 9.42 Å². The van der Waals surface area contributed by atoms with Crippen molar-refractivity contribution in [2.75, 3.05) is 13.2 Å². The molecule has 7 nitrogen and oxygen atoms in total. The van der Waals surface area contributed by atoms with Crippen LogP contribution >= 0.6 is 8.25 Å². The Kier molecular flexibility index (Phi) is 29.1. The summed E-state index contributed by atoms with van der Waals surface area (Å²) in [5.74, 6) is -0.736. The third-order valence-corrected chi connectivity index (χ3v) is 7.44. The van der Waals surface area contributed by atoms with E-state index in [1.54, 1.807) is 0 Å². The first-order valence-corrected chi connectivity index (χ1v) is 17.3. The van der Waals surface area contributed by atoms with E-state index >= 15 is 0 Å². The zero-order valence-corrected chi connectivity index (χ0v) is 26.2. The van der Waals surface area contributed by atoms with Crippen LogP contribution in [-0.2, 0) is 28.2 Å². The summed E-state index contributed by atoms with van der Waals surface area (Å²) in [5.41, 5.74) is 0. The number of carbonyl (C=O) groups excluding carboxylic acids is 2. The second-order valence-electron chi connectivity index (χ2n) is 10.9. The van der Waals surface area contributed by atoms with Crippen molar-refractivity contribution < 1.29 is 33.0 Å². The van der Waals surface area contributed by atoms with Gasteiger partial charge in [-0.3, -0.25) is 9.59 Å². The Bertz CT molecular complexity index is 585. The molecular formula is C31H60O7P+. The van der Waals surface area contributed by atoms with Crippen LogP contribution in [0.15, 0.2) is 0 Å². The molecule has 2 atom stereocenters. The highest BCUT2D eigenvalue weighted by Gasteiger charge is 2.23. The van der Waals surface area contributed by atoms with Gasteiger partial charge in [0, 0.05) is 17.4 Å². The van der Waals surface area contributed by atoms with E-state index in [0.29, 0.717) is 6.42 Å². The Labute approximate surface area is 240 Å². The molecule has 0 spiro atoms. The molecule has 1 N–H and O–H groups in total. The summed E-state index contributed by atoms with van der Waals surface area (Å²) < 4.78 is 26.3. The molecular weight excluding hydrogens is 515 g/mol. The van der Waals surface area contributed by atoms with Crippen molar-refractivity contribution in [2.24, 2.45) is 0 Å². The molecule has 39 heavy (non-hydrogen) atoms. The van der Waals surface area contributed by atoms with Gasteiger partial charge in [0.25, 0.3) is 0 Å². The minimum Gasteiger partial charge on any atom is -0.462 e. The highest BCUT2D eigenvalue weighted by Crippen LogP contribution is 2.17. The molecule has 0 fully saturated rings. The Morgan fingerprint density at radius 2 is 0.923 bits per heavy atom. The number of esters is 2. The standard InChI is InChI=1S/C31H59O7P/c1-3-5-7-9-11-13-15-17-19-21-23-25-30(32)36-27-29(28-37-39(34)35)38-31(33)26-24-22-20-18-16-14-12-10-8-6-4-2/h29H,3-28H2,1-2H3/p+1/t29-/m1/s1. The van der Waals surface area contributed by atoms with Crippen molar-refractivity contribution in [3.05, 3.63) is 0 Å². The summed E-state index contributed by atoms with van der Waals surface area (Å²) in [6, 6.07) is 0. The average Bonchev–Trinajstić information content (AvgIpc) is 2.91. The largest absolute Gasteiger partial charge is 0.694 e. The molecule has 0 aromatic rings. The number of unbranched alkanes of at least 4 members (excludes halogenated alkanes) is 20. The Morgan fingerprint density at radius 1 is 0.564 bits per heavy atom. The van der Waals surface area contributed by atoms with Crippen LogP contribution < -0.4 is 0 Å². The van der Waals surface area contributed by atoms with Crippen LogP contribution in [0.2, 0.25) is 0 Å². The minimum atomic E-state index is -2.81. The van der Waals surface area contributed by atoms with Crippen LogP contribution in [0.5, 0.6) is 0 Å². The fourth-order valence-corrected chi connectivity index (χ4v) is 4.93. The lowest BCUT2D eigenvalue weighted by atomic mass is 10.1. The number of rotatable bonds is 30. The third-order valence-electron chi connectivity index (χ3n) is 7.07. The fraction of sp³-hybridized carbons (Fsp3) is 0.935. The van der Waals surface area contributed by atoms with Crippen LogP contribution in [0.3, 0.4) is 0 Å². The number of hydrogen-bond acceptors (Lipinski definition) is 6. The second-order valence-corrected chi connectivity index (χ2v) is 11.6. The van der Waals surface area contributed by atoms with Crippen LogP contribution in [0.25, 0.3) is 0 Å². The summed E-state index contributed by atoms with van der Waals surface area (Å²) >= 11 is 0. The first-order valence-electron chi connectivity index (χ1n) is 16.1. The SMILES string of the molecule is CCCCCCCCCCCCCC(=O)OC[C@H](CO[P+](=O)O)OC(=O)CCCCCCCCCCCCC. The van der Waals surface area contributed by atoms with Gasteiger partial charge in [-0.1, -0.05) is 142 Å². The molecule has 8 heteroatoms. The molecule has 0 aliphatic carbocycles. The van der Waals surface area contributed by atoms with Crippen molar-refractivity contribution >= 4 is 20.2 Å². The molecule has 230 valence electrons. The summed E-state index contributed by atoms with van der Waals surface area (Å²) in [7, 11) is -2.81. The zero-order valence-electron chi connectivity index (χ0n) is 25.3. The summed E-state index contributed by atoms with van der Waals surface area (Å²) in [6.45, 7) is 4.03. The van der Waals surface area contributed by atoms with Crippen molar-refractivity contribution in [1.29, 1.82) is 0 Å². The molecule has 0 aromatic heterocycles. The Hall–Kier alpha value is -1.04. The predicted molar refractivity (Wildman–Crippen MR) is 159 cm³/mol. The van der Waals surface area contributed by atoms with Crippen LogP contribution in [-0.4, -0.2) is 36.1 Å². The lowest BCUT2D eigenvalue weighted by Gasteiger charge is -2.15. The lowest BCUT2D eigenvalue weighted by molar-refractivity contribution is -0.161. The highest BCUT2D eigenvalue weighted by atomic mass is 31.1. The van der Waals surface area contributed by atoms with Gasteiger partial charge in [0.2, 0.25) is 0 Å². The van der Waals surface area contributed by atoms with Gasteiger partial charge in [0.15, 0.2) is 6.10 Å². The third kappa shape index (κ3) is 29.8. The van der Waals surface area contributed by atoms with E-state index < -0.39 is 20.3 Å². The normalized spacial score (nSPS) is 12.3. The Balaban J connectivity index is 3.90. The molecule has 0 amide bonds. The van der Waals surface area contributed by atoms with E-state index in [0.717, 1.165) is 38.5 Å². The maximum absolute atomic E-state index is 12.2. The molecule has 0 rings (SSSR count). The molecule has 0 bridgehead atoms. The van der Waals surface area contributed by atoms with Crippen LogP contribution in [0, 0.1) is 0 Å². The van der Waals surface area contributed by atoms with Gasteiger partial charge in [-0.05, 0) is 12.8 Å². The maximum atomic E-state index is 12.2. The molecule has 1 unspecified atom stereocenters.